The van der Waals surface area contributed by atoms with Gasteiger partial charge in [-0.1, -0.05) is 76.8 Å². The van der Waals surface area contributed by atoms with Gasteiger partial charge in [0.1, 0.15) is 12.2 Å². The van der Waals surface area contributed by atoms with Gasteiger partial charge in [0.2, 0.25) is 5.89 Å². The fourth-order valence-electron chi connectivity index (χ4n) is 12.6. The molecule has 4 aliphatic rings. The molecule has 29 heteroatoms. The molecule has 582 valence electrons. The summed E-state index contributed by atoms with van der Waals surface area (Å²) < 4.78 is 30.3. The third-order valence-corrected chi connectivity index (χ3v) is 22.3. The number of carboxylic acid groups (broad SMARTS) is 1. The molecule has 4 fully saturated rings. The lowest BCUT2D eigenvalue weighted by Gasteiger charge is -2.40. The van der Waals surface area contributed by atoms with Crippen molar-refractivity contribution in [1.29, 1.82) is 0 Å². The molecule has 6 atom stereocenters. The average molecular weight is 1900 g/mol. The number of piperidine rings is 2. The Labute approximate surface area is 687 Å². The van der Waals surface area contributed by atoms with Gasteiger partial charge in [0.25, 0.3) is 11.8 Å². The Morgan fingerprint density at radius 3 is 1.64 bits per heavy atom. The number of rotatable bonds is 16. The first-order valence-electron chi connectivity index (χ1n) is 36.3. The highest BCUT2D eigenvalue weighted by Gasteiger charge is 2.33. The first-order valence-corrected chi connectivity index (χ1v) is 40.8. The van der Waals surface area contributed by atoms with Crippen LogP contribution in [0.15, 0.2) is 90.8 Å². The number of nitrogens with one attached hydrogen (secondary N) is 3. The van der Waals surface area contributed by atoms with E-state index in [1.54, 1.807) is 39.0 Å². The normalized spacial score (nSPS) is 17.9. The van der Waals surface area contributed by atoms with Crippen LogP contribution in [-0.2, 0) is 46.4 Å². The van der Waals surface area contributed by atoms with E-state index in [9.17, 15) is 19.2 Å². The van der Waals surface area contributed by atoms with E-state index in [4.69, 9.17) is 57.4 Å². The smallest absolute Gasteiger partial charge is 0.312 e. The summed E-state index contributed by atoms with van der Waals surface area (Å²) in [6.45, 7) is 30.6. The lowest BCUT2D eigenvalue weighted by Crippen LogP contribution is -2.50. The molecule has 4 saturated heterocycles. The number of fused-ring (bicyclic) bond motifs is 1. The zero-order valence-electron chi connectivity index (χ0n) is 63.7. The van der Waals surface area contributed by atoms with Crippen LogP contribution in [0.2, 0.25) is 5.02 Å². The topological polar surface area (TPSA) is 354 Å². The lowest BCUT2D eigenvalue weighted by molar-refractivity contribution is -0.136. The number of ketones is 3. The number of nitrogens with two attached hydrogens (primary N) is 3. The van der Waals surface area contributed by atoms with Crippen LogP contribution in [0.4, 0.5) is 22.9 Å². The number of halogens is 5. The highest BCUT2D eigenvalue weighted by atomic mass is 127. The van der Waals surface area contributed by atoms with Crippen molar-refractivity contribution >= 4 is 152 Å². The van der Waals surface area contributed by atoms with Gasteiger partial charge < -0.3 is 66.2 Å². The number of benzene rings is 5. The van der Waals surface area contributed by atoms with Gasteiger partial charge >= 0.3 is 5.97 Å². The maximum atomic E-state index is 11.2. The third kappa shape index (κ3) is 26.3. The fourth-order valence-corrected chi connectivity index (χ4v) is 15.3. The Bertz CT molecular complexity index is 4510. The zero-order valence-corrected chi connectivity index (χ0v) is 72.5. The second kappa shape index (κ2) is 43.3. The number of carbonyl (C=O) groups is 4. The molecule has 0 radical (unpaired) electrons. The number of aryl methyl sites for hydroxylation is 8. The summed E-state index contributed by atoms with van der Waals surface area (Å²) in [5.74, 6) is 2.94. The summed E-state index contributed by atoms with van der Waals surface area (Å²) in [6.07, 6.45) is 10.6. The third-order valence-electron chi connectivity index (χ3n) is 18.5. The van der Waals surface area contributed by atoms with Crippen molar-refractivity contribution in [3.05, 3.63) is 161 Å². The number of carbonyl (C=O) groups excluding carboxylic acids is 3. The minimum Gasteiger partial charge on any atom is -0.481 e. The molecular weight excluding hydrogens is 1800 g/mol. The van der Waals surface area contributed by atoms with Crippen molar-refractivity contribution in [2.45, 2.75) is 197 Å². The molecular formula is C79H101BrClI3N14O10. The molecule has 4 aliphatic heterocycles. The molecule has 10 N–H and O–H groups in total. The number of hydrogen-bond donors (Lipinski definition) is 7. The van der Waals surface area contributed by atoms with Crippen LogP contribution in [-0.4, -0.2) is 140 Å². The quantitative estimate of drug-likeness (QED) is 0.0268. The monoisotopic (exact) mass is 1900 g/mol. The Hall–Kier alpha value is -6.63. The fraction of sp³-hybridized carbons (Fsp3) is 0.456. The second-order valence-corrected chi connectivity index (χ2v) is 31.8. The second-order valence-electron chi connectivity index (χ2n) is 27.0. The number of hydrogen-bond acceptors (Lipinski definition) is 23. The molecule has 0 amide bonds. The number of anilines is 4. The van der Waals surface area contributed by atoms with Gasteiger partial charge in [-0.3, -0.25) is 19.2 Å². The van der Waals surface area contributed by atoms with Crippen LogP contribution in [0.3, 0.4) is 0 Å². The average Bonchev–Trinajstić information content (AvgIpc) is 0.937. The Balaban J connectivity index is 0.000000186. The molecule has 0 saturated carbocycles. The van der Waals surface area contributed by atoms with Gasteiger partial charge in [-0.25, -0.2) is 4.98 Å². The van der Waals surface area contributed by atoms with Crippen LogP contribution >= 0.6 is 95.3 Å². The van der Waals surface area contributed by atoms with E-state index in [-0.39, 0.29) is 29.7 Å². The molecule has 4 aromatic heterocycles. The molecule has 13 rings (SSSR count). The van der Waals surface area contributed by atoms with E-state index in [1.165, 1.54) is 53.2 Å². The SMILES string of the molecule is CC(=O)c1cc(Br)ccc1N.CCc1cc(I)c(Cl)c(-c2nc(C)no2)c1.CCc1cc(I)c(N)c(C(C)=O)c1.CCc1cc(I)c2nc(N3CC[C@@H](N[C@H]4CCOC4)C[C@H]3C)c(-c3nc(C)no3)c(C)c2c1.CCc1ccc(N)c(C(C)=O)c1.C[C@@H]1C[C@H](N[C@H]2CCOC2)CCN1.Cc1noc(CC(=O)O)n1. The summed E-state index contributed by atoms with van der Waals surface area (Å²) in [5.41, 5.74) is 29.3. The molecule has 0 bridgehead atoms. The minimum atomic E-state index is -0.969. The highest BCUT2D eigenvalue weighted by Crippen LogP contribution is 2.40. The van der Waals surface area contributed by atoms with Crippen LogP contribution in [0.25, 0.3) is 33.8 Å². The molecule has 8 heterocycles. The summed E-state index contributed by atoms with van der Waals surface area (Å²) in [6, 6.07) is 26.6. The van der Waals surface area contributed by atoms with E-state index >= 15 is 0 Å². The van der Waals surface area contributed by atoms with Gasteiger partial charge in [-0.15, -0.1) is 0 Å². The Kier molecular flexibility index (Phi) is 35.5. The highest BCUT2D eigenvalue weighted by molar-refractivity contribution is 14.1. The predicted octanol–water partition coefficient (Wildman–Crippen LogP) is 16.1. The summed E-state index contributed by atoms with van der Waals surface area (Å²) in [7, 11) is 0. The molecule has 0 aliphatic carbocycles. The summed E-state index contributed by atoms with van der Waals surface area (Å²) in [4.78, 5) is 63.4. The maximum Gasteiger partial charge on any atom is 0.312 e. The van der Waals surface area contributed by atoms with Crippen LogP contribution < -0.4 is 38.1 Å². The van der Waals surface area contributed by atoms with Gasteiger partial charge in [0, 0.05) is 105 Å². The molecule has 24 nitrogen and oxygen atoms in total. The Morgan fingerprint density at radius 1 is 0.611 bits per heavy atom. The number of aliphatic carboxylic acids is 1. The molecule has 0 unspecified atom stereocenters. The predicted molar refractivity (Wildman–Crippen MR) is 455 cm³/mol. The van der Waals surface area contributed by atoms with Crippen LogP contribution in [0.1, 0.15) is 183 Å². The van der Waals surface area contributed by atoms with Gasteiger partial charge in [-0.2, -0.15) is 15.0 Å². The van der Waals surface area contributed by atoms with Crippen molar-refractivity contribution in [3.8, 4) is 22.9 Å². The summed E-state index contributed by atoms with van der Waals surface area (Å²) in [5, 5.41) is 32.3. The van der Waals surface area contributed by atoms with Crippen molar-refractivity contribution < 1.29 is 47.3 Å². The van der Waals surface area contributed by atoms with E-state index in [0.717, 1.165) is 135 Å². The van der Waals surface area contributed by atoms with Crippen molar-refractivity contribution in [3.63, 3.8) is 0 Å². The van der Waals surface area contributed by atoms with E-state index in [1.807, 2.05) is 43.3 Å². The molecule has 0 spiro atoms. The largest absolute Gasteiger partial charge is 0.481 e. The first-order chi connectivity index (χ1) is 51.4. The number of aromatic nitrogens is 7. The summed E-state index contributed by atoms with van der Waals surface area (Å²) >= 11 is 16.3. The molecule has 5 aromatic carbocycles. The zero-order chi connectivity index (χ0) is 79.1. The van der Waals surface area contributed by atoms with Crippen molar-refractivity contribution in [2.75, 3.05) is 61.6 Å². The molecule has 9 aromatic rings. The van der Waals surface area contributed by atoms with Crippen molar-refractivity contribution in [2.24, 2.45) is 0 Å². The number of carboxylic acids is 1. The van der Waals surface area contributed by atoms with Gasteiger partial charge in [0.15, 0.2) is 34.8 Å². The maximum absolute atomic E-state index is 11.2. The van der Waals surface area contributed by atoms with Gasteiger partial charge in [0.05, 0.1) is 40.6 Å². The number of ether oxygens (including phenoxy) is 2. The van der Waals surface area contributed by atoms with Crippen LogP contribution in [0.5, 0.6) is 0 Å². The number of nitrogens with zero attached hydrogens (tertiary/aromatic N) is 8. The van der Waals surface area contributed by atoms with E-state index in [0.29, 0.717) is 104 Å². The van der Waals surface area contributed by atoms with Gasteiger partial charge in [-0.05, 0) is 295 Å². The van der Waals surface area contributed by atoms with Crippen LogP contribution in [0, 0.1) is 38.4 Å². The van der Waals surface area contributed by atoms with Crippen molar-refractivity contribution in [1.82, 2.24) is 51.4 Å². The Morgan fingerprint density at radius 2 is 1.13 bits per heavy atom. The number of Topliss-reactive ketones (excluding diaryl/α,β-unsaturated/α-hetero) is 3. The number of pyridine rings is 1. The standard InChI is InChI=1S/C25H32IN5O2.C11H10ClIN2O.C10H12INO.C10H20N2O.C10H13NO.C8H8BrNO.C5H6N2O3/c1-5-17-11-20-15(3)22(25-27-16(4)30-33-25)24(29-23(20)21(26)12-17)31-8-6-18(10-14(31)2)28-19-7-9-32-13-19;1-3-7-4-8(10(12)9(13)5-7)11-14-6(2)15-16-11;1-3-7-4-8(6(2)13)10(12)9(11)5-7;1-8-6-9(2-4-11-8)12-10-3-5-13-7-10;1-3-8-4-5-10(11)9(6-8)7(2)12;1-5(11)7-4-6(9)2-3-8(7)10;1-3-6-4(10-7-3)2-5(8)9/h11-12,14,18-19,28H,5-10,13H2,1-4H3;4-5H,3H2,1-2H3;4-5H,3,12H2,1-2H3;8-12H,2-7H2,1H3;4-6H,3,11H2,1-2H3;2-4H,10H2,1H3;2H2,1H3,(H,8,9)/t14-,18-,19+;;;8-,9-,10+;;;/m1..1.../s1. The van der Waals surface area contributed by atoms with E-state index in [2.05, 4.69) is 206 Å². The molecule has 108 heavy (non-hydrogen) atoms. The number of nitrogen functional groups attached to an aromatic ring is 3. The minimum absolute atomic E-state index is 0.0104. The van der Waals surface area contributed by atoms with E-state index < -0.39 is 5.97 Å². The first kappa shape index (κ1) is 88.6. The lowest BCUT2D eigenvalue weighted by atomic mass is 9.95.